The van der Waals surface area contributed by atoms with Gasteiger partial charge >= 0.3 is 12.3 Å². The van der Waals surface area contributed by atoms with Gasteiger partial charge in [-0.05, 0) is 18.2 Å². The maximum atomic E-state index is 12.2. The zero-order chi connectivity index (χ0) is 14.5. The number of carbonyl (C=O) groups is 1. The van der Waals surface area contributed by atoms with E-state index in [-0.39, 0.29) is 17.7 Å². The second kappa shape index (κ2) is 6.00. The van der Waals surface area contributed by atoms with Crippen LogP contribution in [0.2, 0.25) is 0 Å². The average molecular weight is 273 g/mol. The molecule has 0 aromatic heterocycles. The van der Waals surface area contributed by atoms with Crippen LogP contribution in [0.1, 0.15) is 12.0 Å². The summed E-state index contributed by atoms with van der Waals surface area (Å²) in [4.78, 5) is 10.8. The molecule has 0 saturated heterocycles. The number of hydrogen-bond donors (Lipinski definition) is 1. The normalized spacial score (nSPS) is 10.3. The lowest BCUT2D eigenvalue weighted by Gasteiger charge is -2.10. The van der Waals surface area contributed by atoms with Crippen molar-refractivity contribution in [1.82, 2.24) is 0 Å². The molecule has 2 N–H and O–H groups in total. The number of ether oxygens (including phenoxy) is 2. The first-order valence-corrected chi connectivity index (χ1v) is 5.03. The number of methoxy groups -OCH3 is 1. The summed E-state index contributed by atoms with van der Waals surface area (Å²) >= 11 is 0. The molecule has 1 aromatic rings. The number of esters is 1. The third kappa shape index (κ3) is 5.21. The lowest BCUT2D eigenvalue weighted by molar-refractivity contribution is -0.274. The summed E-state index contributed by atoms with van der Waals surface area (Å²) in [7, 11) is 1.18. The van der Waals surface area contributed by atoms with Gasteiger partial charge in [0.05, 0.1) is 12.7 Å². The topological polar surface area (TPSA) is 61.5 Å². The number of benzene rings is 1. The number of nitrogens with two attached hydrogens (primary N) is 1. The van der Waals surface area contributed by atoms with Gasteiger partial charge in [0.1, 0.15) is 12.2 Å². The average Bonchev–Trinajstić information content (AvgIpc) is 2.30. The second-order valence-corrected chi connectivity index (χ2v) is 3.36. The molecule has 0 heterocycles. The molecule has 102 valence electrons. The van der Waals surface area contributed by atoms with Crippen molar-refractivity contribution in [3.63, 3.8) is 0 Å². The molecule has 0 fully saturated rings. The van der Waals surface area contributed by atoms with Gasteiger partial charge < -0.3 is 15.2 Å². The zero-order valence-corrected chi connectivity index (χ0v) is 9.88. The number of carbonyl (C=O) groups excluding carboxylic acids is 1. The Bertz CT molecular complexity index is 529. The van der Waals surface area contributed by atoms with Crippen molar-refractivity contribution in [2.45, 2.75) is 12.8 Å². The summed E-state index contributed by atoms with van der Waals surface area (Å²) < 4.78 is 44.6. The molecule has 4 nitrogen and oxygen atoms in total. The minimum absolute atomic E-state index is 0.0544. The highest BCUT2D eigenvalue weighted by molar-refractivity contribution is 5.72. The first-order chi connectivity index (χ1) is 8.81. The monoisotopic (exact) mass is 273 g/mol. The van der Waals surface area contributed by atoms with Gasteiger partial charge in [-0.25, -0.2) is 0 Å². The summed E-state index contributed by atoms with van der Waals surface area (Å²) in [5.41, 5.74) is 5.63. The van der Waals surface area contributed by atoms with Crippen LogP contribution in [-0.2, 0) is 9.53 Å². The van der Waals surface area contributed by atoms with E-state index >= 15 is 0 Å². The Labute approximate surface area is 107 Å². The summed E-state index contributed by atoms with van der Waals surface area (Å²) in [5, 5.41) is 0. The molecule has 0 saturated carbocycles. The van der Waals surface area contributed by atoms with Crippen LogP contribution in [0.4, 0.5) is 18.9 Å². The molecule has 0 radical (unpaired) electrons. The van der Waals surface area contributed by atoms with E-state index in [9.17, 15) is 18.0 Å². The molecular formula is C12H10F3NO3. The van der Waals surface area contributed by atoms with Gasteiger partial charge in [0, 0.05) is 5.69 Å². The number of anilines is 1. The Morgan fingerprint density at radius 1 is 1.42 bits per heavy atom. The van der Waals surface area contributed by atoms with Crippen LogP contribution in [0.25, 0.3) is 0 Å². The fourth-order valence-corrected chi connectivity index (χ4v) is 1.14. The molecule has 0 atom stereocenters. The van der Waals surface area contributed by atoms with Gasteiger partial charge in [0.15, 0.2) is 0 Å². The van der Waals surface area contributed by atoms with Crippen molar-refractivity contribution in [1.29, 1.82) is 0 Å². The van der Waals surface area contributed by atoms with Gasteiger partial charge in [-0.3, -0.25) is 4.79 Å². The highest BCUT2D eigenvalue weighted by Gasteiger charge is 2.31. The minimum Gasteiger partial charge on any atom is -0.468 e. The number of rotatable bonds is 2. The molecule has 7 heteroatoms. The van der Waals surface area contributed by atoms with E-state index < -0.39 is 18.1 Å². The number of halogens is 3. The zero-order valence-electron chi connectivity index (χ0n) is 9.88. The standard InChI is InChI=1S/C12H10F3NO3/c1-18-11(17)4-2-3-8-7-9(16)5-6-10(8)19-12(13,14)15/h5-7H,4,16H2,1H3. The van der Waals surface area contributed by atoms with E-state index in [1.54, 1.807) is 0 Å². The third-order valence-electron chi connectivity index (χ3n) is 1.91. The minimum atomic E-state index is -4.82. The van der Waals surface area contributed by atoms with Gasteiger partial charge in [-0.2, -0.15) is 0 Å². The van der Waals surface area contributed by atoms with E-state index in [1.165, 1.54) is 19.2 Å². The number of alkyl halides is 3. The van der Waals surface area contributed by atoms with E-state index in [1.807, 2.05) is 0 Å². The van der Waals surface area contributed by atoms with E-state index in [4.69, 9.17) is 5.73 Å². The molecule has 1 rings (SSSR count). The predicted octanol–water partition coefficient (Wildman–Crippen LogP) is 2.08. The van der Waals surface area contributed by atoms with E-state index in [2.05, 4.69) is 21.3 Å². The van der Waals surface area contributed by atoms with Crippen LogP contribution < -0.4 is 10.5 Å². The molecule has 0 amide bonds. The van der Waals surface area contributed by atoms with Crippen molar-refractivity contribution in [3.8, 4) is 17.6 Å². The van der Waals surface area contributed by atoms with Crippen molar-refractivity contribution < 1.29 is 27.4 Å². The first-order valence-electron chi connectivity index (χ1n) is 5.03. The van der Waals surface area contributed by atoms with Gasteiger partial charge in [0.2, 0.25) is 0 Å². The molecule has 0 aliphatic rings. The van der Waals surface area contributed by atoms with Crippen LogP contribution in [0.3, 0.4) is 0 Å². The van der Waals surface area contributed by atoms with Crippen molar-refractivity contribution in [2.75, 3.05) is 12.8 Å². The number of nitrogen functional groups attached to an aromatic ring is 1. The smallest absolute Gasteiger partial charge is 0.468 e. The Kier molecular flexibility index (Phi) is 4.64. The Hall–Kier alpha value is -2.36. The van der Waals surface area contributed by atoms with Crippen LogP contribution in [0, 0.1) is 11.8 Å². The molecule has 0 bridgehead atoms. The van der Waals surface area contributed by atoms with Gasteiger partial charge in [-0.1, -0.05) is 11.8 Å². The highest BCUT2D eigenvalue weighted by Crippen LogP contribution is 2.27. The van der Waals surface area contributed by atoms with Gasteiger partial charge in [0.25, 0.3) is 0 Å². The Morgan fingerprint density at radius 3 is 2.68 bits per heavy atom. The molecule has 0 unspecified atom stereocenters. The van der Waals surface area contributed by atoms with Crippen molar-refractivity contribution >= 4 is 11.7 Å². The van der Waals surface area contributed by atoms with Crippen molar-refractivity contribution in [3.05, 3.63) is 23.8 Å². The summed E-state index contributed by atoms with van der Waals surface area (Å²) in [6.07, 6.45) is -5.06. The predicted molar refractivity (Wildman–Crippen MR) is 61.0 cm³/mol. The molecule has 1 aromatic carbocycles. The summed E-state index contributed by atoms with van der Waals surface area (Å²) in [5.74, 6) is 3.70. The van der Waals surface area contributed by atoms with E-state index in [0.717, 1.165) is 6.07 Å². The van der Waals surface area contributed by atoms with Crippen LogP contribution in [0.15, 0.2) is 18.2 Å². The SMILES string of the molecule is COC(=O)CC#Cc1cc(N)ccc1OC(F)(F)F. The molecular weight excluding hydrogens is 263 g/mol. The fourth-order valence-electron chi connectivity index (χ4n) is 1.14. The molecule has 0 aliphatic carbocycles. The second-order valence-electron chi connectivity index (χ2n) is 3.36. The molecule has 0 spiro atoms. The fraction of sp³-hybridized carbons (Fsp3) is 0.250. The van der Waals surface area contributed by atoms with Crippen LogP contribution in [-0.4, -0.2) is 19.4 Å². The summed E-state index contributed by atoms with van der Waals surface area (Å²) in [6, 6.07) is 3.54. The Balaban J connectivity index is 2.97. The molecule has 0 aliphatic heterocycles. The largest absolute Gasteiger partial charge is 0.573 e. The summed E-state index contributed by atoms with van der Waals surface area (Å²) in [6.45, 7) is 0. The van der Waals surface area contributed by atoms with Crippen LogP contribution >= 0.6 is 0 Å². The van der Waals surface area contributed by atoms with Gasteiger partial charge in [-0.15, -0.1) is 13.2 Å². The number of hydrogen-bond acceptors (Lipinski definition) is 4. The van der Waals surface area contributed by atoms with Crippen LogP contribution in [0.5, 0.6) is 5.75 Å². The molecule has 19 heavy (non-hydrogen) atoms. The quantitative estimate of drug-likeness (QED) is 0.509. The lowest BCUT2D eigenvalue weighted by atomic mass is 10.2. The maximum Gasteiger partial charge on any atom is 0.573 e. The highest BCUT2D eigenvalue weighted by atomic mass is 19.4. The van der Waals surface area contributed by atoms with E-state index in [0.29, 0.717) is 0 Å². The maximum absolute atomic E-state index is 12.2. The first kappa shape index (κ1) is 14.7. The third-order valence-corrected chi connectivity index (χ3v) is 1.91. The Morgan fingerprint density at radius 2 is 2.11 bits per heavy atom. The lowest BCUT2D eigenvalue weighted by Crippen LogP contribution is -2.17. The van der Waals surface area contributed by atoms with Crippen molar-refractivity contribution in [2.24, 2.45) is 0 Å².